The first-order valence-corrected chi connectivity index (χ1v) is 8.55. The molecule has 1 aromatic heterocycles. The van der Waals surface area contributed by atoms with Crippen LogP contribution in [0.25, 0.3) is 10.9 Å². The van der Waals surface area contributed by atoms with Crippen LogP contribution in [-0.2, 0) is 10.0 Å². The van der Waals surface area contributed by atoms with Crippen LogP contribution in [0.5, 0.6) is 0 Å². The van der Waals surface area contributed by atoms with Crippen molar-refractivity contribution in [2.24, 2.45) is 5.92 Å². The lowest BCUT2D eigenvalue weighted by Crippen LogP contribution is -2.30. The molecule has 1 aliphatic rings. The van der Waals surface area contributed by atoms with Crippen molar-refractivity contribution in [3.05, 3.63) is 36.5 Å². The Labute approximate surface area is 125 Å². The van der Waals surface area contributed by atoms with Crippen molar-refractivity contribution in [3.63, 3.8) is 0 Å². The molecule has 1 N–H and O–H groups in total. The summed E-state index contributed by atoms with van der Waals surface area (Å²) in [4.78, 5) is 4.59. The van der Waals surface area contributed by atoms with Crippen molar-refractivity contribution in [2.75, 3.05) is 26.7 Å². The standard InChI is InChI=1S/C15H19N3O2S/c1-16-10-12-7-9-18(11-12)21(19,20)15-6-2-5-14-13(15)4-3-8-17-14/h2-6,8,12,16H,7,9-11H2,1H3. The summed E-state index contributed by atoms with van der Waals surface area (Å²) in [6, 6.07) is 8.85. The fraction of sp³-hybridized carbons (Fsp3) is 0.400. The van der Waals surface area contributed by atoms with Crippen molar-refractivity contribution < 1.29 is 8.42 Å². The molecule has 1 aromatic carbocycles. The molecular formula is C15H19N3O2S. The van der Waals surface area contributed by atoms with E-state index < -0.39 is 10.0 Å². The van der Waals surface area contributed by atoms with Crippen molar-refractivity contribution in [2.45, 2.75) is 11.3 Å². The van der Waals surface area contributed by atoms with Crippen LogP contribution in [0.4, 0.5) is 0 Å². The largest absolute Gasteiger partial charge is 0.319 e. The Balaban J connectivity index is 1.98. The van der Waals surface area contributed by atoms with E-state index in [2.05, 4.69) is 10.3 Å². The Morgan fingerprint density at radius 3 is 3.00 bits per heavy atom. The molecule has 2 heterocycles. The van der Waals surface area contributed by atoms with Gasteiger partial charge in [-0.2, -0.15) is 4.31 Å². The summed E-state index contributed by atoms with van der Waals surface area (Å²) in [6.07, 6.45) is 2.58. The van der Waals surface area contributed by atoms with Gasteiger partial charge < -0.3 is 5.32 Å². The van der Waals surface area contributed by atoms with Crippen LogP contribution in [-0.4, -0.2) is 44.4 Å². The topological polar surface area (TPSA) is 62.3 Å². The van der Waals surface area contributed by atoms with Crippen LogP contribution >= 0.6 is 0 Å². The molecule has 5 nitrogen and oxygen atoms in total. The maximum atomic E-state index is 12.9. The fourth-order valence-corrected chi connectivity index (χ4v) is 4.64. The van der Waals surface area contributed by atoms with Crippen molar-refractivity contribution in [1.82, 2.24) is 14.6 Å². The molecule has 3 rings (SSSR count). The number of nitrogens with zero attached hydrogens (tertiary/aromatic N) is 2. The molecule has 1 saturated heterocycles. The molecule has 0 radical (unpaired) electrons. The molecule has 1 aliphatic heterocycles. The molecule has 1 atom stereocenters. The zero-order valence-electron chi connectivity index (χ0n) is 12.0. The quantitative estimate of drug-likeness (QED) is 0.929. The van der Waals surface area contributed by atoms with Crippen molar-refractivity contribution >= 4 is 20.9 Å². The van der Waals surface area contributed by atoms with E-state index in [9.17, 15) is 8.42 Å². The lowest BCUT2D eigenvalue weighted by molar-refractivity contribution is 0.451. The first kappa shape index (κ1) is 14.4. The van der Waals surface area contributed by atoms with Crippen LogP contribution in [0.2, 0.25) is 0 Å². The SMILES string of the molecule is CNCC1CCN(S(=O)(=O)c2cccc3ncccc23)C1. The summed E-state index contributed by atoms with van der Waals surface area (Å²) in [5, 5.41) is 3.81. The van der Waals surface area contributed by atoms with Crippen LogP contribution in [0, 0.1) is 5.92 Å². The Bertz CT molecular complexity index is 740. The van der Waals surface area contributed by atoms with Gasteiger partial charge in [0.05, 0.1) is 10.4 Å². The maximum Gasteiger partial charge on any atom is 0.243 e. The summed E-state index contributed by atoms with van der Waals surface area (Å²) < 4.78 is 27.3. The van der Waals surface area contributed by atoms with E-state index >= 15 is 0 Å². The number of fused-ring (bicyclic) bond motifs is 1. The van der Waals surface area contributed by atoms with Crippen LogP contribution in [0.3, 0.4) is 0 Å². The van der Waals surface area contributed by atoms with Gasteiger partial charge in [0.15, 0.2) is 0 Å². The molecule has 0 spiro atoms. The van der Waals surface area contributed by atoms with Gasteiger partial charge in [-0.05, 0) is 50.2 Å². The van der Waals surface area contributed by atoms with Crippen molar-refractivity contribution in [3.8, 4) is 0 Å². The second-order valence-electron chi connectivity index (χ2n) is 5.40. The number of pyridine rings is 1. The summed E-state index contributed by atoms with van der Waals surface area (Å²) in [5.74, 6) is 0.387. The summed E-state index contributed by atoms with van der Waals surface area (Å²) in [7, 11) is -1.55. The molecule has 2 aromatic rings. The smallest absolute Gasteiger partial charge is 0.243 e. The Kier molecular flexibility index (Phi) is 3.93. The molecule has 0 amide bonds. The number of benzene rings is 1. The second-order valence-corrected chi connectivity index (χ2v) is 7.31. The van der Waals surface area contributed by atoms with Crippen LogP contribution < -0.4 is 5.32 Å². The molecule has 0 saturated carbocycles. The lowest BCUT2D eigenvalue weighted by Gasteiger charge is -2.17. The molecule has 21 heavy (non-hydrogen) atoms. The maximum absolute atomic E-state index is 12.9. The van der Waals surface area contributed by atoms with Gasteiger partial charge in [-0.25, -0.2) is 8.42 Å². The van der Waals surface area contributed by atoms with Gasteiger partial charge in [0, 0.05) is 24.7 Å². The third kappa shape index (κ3) is 2.66. The highest BCUT2D eigenvalue weighted by Crippen LogP contribution is 2.28. The van der Waals surface area contributed by atoms with Gasteiger partial charge in [0.1, 0.15) is 0 Å². The van der Waals surface area contributed by atoms with Crippen molar-refractivity contribution in [1.29, 1.82) is 0 Å². The van der Waals surface area contributed by atoms with E-state index in [-0.39, 0.29) is 0 Å². The Morgan fingerprint density at radius 2 is 2.19 bits per heavy atom. The van der Waals surface area contributed by atoms with Gasteiger partial charge in [0.25, 0.3) is 0 Å². The Hall–Kier alpha value is -1.50. The molecule has 0 aliphatic carbocycles. The minimum atomic E-state index is -3.45. The second kappa shape index (κ2) is 5.71. The van der Waals surface area contributed by atoms with Crippen LogP contribution in [0.15, 0.2) is 41.4 Å². The lowest BCUT2D eigenvalue weighted by atomic mass is 10.1. The predicted octanol–water partition coefficient (Wildman–Crippen LogP) is 1.46. The van der Waals surface area contributed by atoms with Gasteiger partial charge in [0.2, 0.25) is 10.0 Å². The van der Waals surface area contributed by atoms with E-state index in [1.165, 1.54) is 0 Å². The highest BCUT2D eigenvalue weighted by atomic mass is 32.2. The number of rotatable bonds is 4. The third-order valence-electron chi connectivity index (χ3n) is 3.96. The zero-order valence-corrected chi connectivity index (χ0v) is 12.8. The first-order chi connectivity index (χ1) is 10.1. The highest BCUT2D eigenvalue weighted by Gasteiger charge is 2.33. The third-order valence-corrected chi connectivity index (χ3v) is 5.89. The van der Waals surface area contributed by atoms with E-state index in [0.717, 1.165) is 13.0 Å². The summed E-state index contributed by atoms with van der Waals surface area (Å²) >= 11 is 0. The minimum Gasteiger partial charge on any atom is -0.319 e. The number of sulfonamides is 1. The fourth-order valence-electron chi connectivity index (χ4n) is 2.91. The first-order valence-electron chi connectivity index (χ1n) is 7.11. The van der Waals surface area contributed by atoms with E-state index in [0.29, 0.717) is 34.8 Å². The Morgan fingerprint density at radius 1 is 1.33 bits per heavy atom. The van der Waals surface area contributed by atoms with E-state index in [1.807, 2.05) is 19.2 Å². The summed E-state index contributed by atoms with van der Waals surface area (Å²) in [5.41, 5.74) is 0.713. The van der Waals surface area contributed by atoms with E-state index in [4.69, 9.17) is 0 Å². The van der Waals surface area contributed by atoms with Gasteiger partial charge in [-0.1, -0.05) is 6.07 Å². The number of aromatic nitrogens is 1. The predicted molar refractivity (Wildman–Crippen MR) is 82.5 cm³/mol. The molecule has 112 valence electrons. The van der Waals surface area contributed by atoms with Gasteiger partial charge in [-0.15, -0.1) is 0 Å². The zero-order chi connectivity index (χ0) is 14.9. The molecule has 1 unspecified atom stereocenters. The molecular weight excluding hydrogens is 286 g/mol. The average Bonchev–Trinajstić information content (AvgIpc) is 2.96. The number of nitrogens with one attached hydrogen (secondary N) is 1. The summed E-state index contributed by atoms with van der Waals surface area (Å²) in [6.45, 7) is 2.02. The van der Waals surface area contributed by atoms with E-state index in [1.54, 1.807) is 28.7 Å². The highest BCUT2D eigenvalue weighted by molar-refractivity contribution is 7.89. The normalized spacial score (nSPS) is 20.1. The monoisotopic (exact) mass is 305 g/mol. The number of hydrogen-bond donors (Lipinski definition) is 1. The average molecular weight is 305 g/mol. The van der Waals surface area contributed by atoms with Crippen LogP contribution in [0.1, 0.15) is 6.42 Å². The van der Waals surface area contributed by atoms with Gasteiger partial charge >= 0.3 is 0 Å². The molecule has 6 heteroatoms. The molecule has 1 fully saturated rings. The van der Waals surface area contributed by atoms with Gasteiger partial charge in [-0.3, -0.25) is 4.98 Å². The minimum absolute atomic E-state index is 0.359. The molecule has 0 bridgehead atoms. The number of hydrogen-bond acceptors (Lipinski definition) is 4.